The van der Waals surface area contributed by atoms with Gasteiger partial charge in [-0.25, -0.2) is 4.68 Å². The number of carbonyl (C=O) groups is 1. The Morgan fingerprint density at radius 1 is 1.33 bits per heavy atom. The van der Waals surface area contributed by atoms with Crippen molar-refractivity contribution in [3.05, 3.63) is 47.4 Å². The molecule has 122 valence electrons. The SMILES string of the molecule is COc1ccc(-n2nc(CC(N)=O)c3c2-c2cn[nH]c2CC3)cc1. The molecule has 1 aliphatic carbocycles. The zero-order valence-corrected chi connectivity index (χ0v) is 13.2. The Kier molecular flexibility index (Phi) is 3.34. The molecule has 0 aliphatic heterocycles. The van der Waals surface area contributed by atoms with Gasteiger partial charge >= 0.3 is 0 Å². The molecular weight excluding hydrogens is 306 g/mol. The van der Waals surface area contributed by atoms with Gasteiger partial charge in [0.05, 0.1) is 36.8 Å². The highest BCUT2D eigenvalue weighted by Crippen LogP contribution is 2.36. The average Bonchev–Trinajstić information content (AvgIpc) is 3.19. The van der Waals surface area contributed by atoms with Gasteiger partial charge in [0.25, 0.3) is 0 Å². The van der Waals surface area contributed by atoms with Crippen LogP contribution in [-0.4, -0.2) is 33.0 Å². The largest absolute Gasteiger partial charge is 0.497 e. The van der Waals surface area contributed by atoms with E-state index >= 15 is 0 Å². The van der Waals surface area contributed by atoms with Crippen molar-refractivity contribution in [3.63, 3.8) is 0 Å². The zero-order valence-electron chi connectivity index (χ0n) is 13.2. The van der Waals surface area contributed by atoms with Crippen LogP contribution in [0.5, 0.6) is 5.75 Å². The summed E-state index contributed by atoms with van der Waals surface area (Å²) >= 11 is 0. The number of benzene rings is 1. The quantitative estimate of drug-likeness (QED) is 0.758. The lowest BCUT2D eigenvalue weighted by molar-refractivity contribution is -0.117. The first-order chi connectivity index (χ1) is 11.7. The molecule has 7 heteroatoms. The predicted octanol–water partition coefficient (Wildman–Crippen LogP) is 1.40. The molecule has 0 saturated carbocycles. The Labute approximate surface area is 138 Å². The third-order valence-corrected chi connectivity index (χ3v) is 4.32. The molecule has 0 fully saturated rings. The summed E-state index contributed by atoms with van der Waals surface area (Å²) in [7, 11) is 1.63. The van der Waals surface area contributed by atoms with E-state index in [0.717, 1.165) is 52.5 Å². The number of aryl methyl sites for hydroxylation is 1. The number of hydrogen-bond acceptors (Lipinski definition) is 4. The van der Waals surface area contributed by atoms with Crippen LogP contribution in [0.15, 0.2) is 30.5 Å². The average molecular weight is 323 g/mol. The summed E-state index contributed by atoms with van der Waals surface area (Å²) in [5, 5.41) is 11.9. The van der Waals surface area contributed by atoms with Crippen molar-refractivity contribution < 1.29 is 9.53 Å². The molecule has 0 bridgehead atoms. The molecule has 0 radical (unpaired) electrons. The Balaban J connectivity index is 1.90. The van der Waals surface area contributed by atoms with Gasteiger partial charge in [-0.1, -0.05) is 0 Å². The number of aromatic amines is 1. The molecule has 1 aliphatic rings. The summed E-state index contributed by atoms with van der Waals surface area (Å²) in [6.45, 7) is 0. The fourth-order valence-corrected chi connectivity index (χ4v) is 3.21. The van der Waals surface area contributed by atoms with Crippen LogP contribution in [0.2, 0.25) is 0 Å². The van der Waals surface area contributed by atoms with Gasteiger partial charge in [0.2, 0.25) is 5.91 Å². The van der Waals surface area contributed by atoms with Gasteiger partial charge in [-0.2, -0.15) is 10.2 Å². The molecule has 1 aromatic carbocycles. The monoisotopic (exact) mass is 323 g/mol. The summed E-state index contributed by atoms with van der Waals surface area (Å²) < 4.78 is 7.08. The fourth-order valence-electron chi connectivity index (χ4n) is 3.21. The van der Waals surface area contributed by atoms with Crippen LogP contribution < -0.4 is 10.5 Å². The van der Waals surface area contributed by atoms with Crippen LogP contribution >= 0.6 is 0 Å². The lowest BCUT2D eigenvalue weighted by Gasteiger charge is -2.15. The lowest BCUT2D eigenvalue weighted by atomic mass is 9.93. The molecule has 4 rings (SSSR count). The number of amides is 1. The van der Waals surface area contributed by atoms with Crippen molar-refractivity contribution in [3.8, 4) is 22.7 Å². The van der Waals surface area contributed by atoms with E-state index in [1.807, 2.05) is 35.1 Å². The zero-order chi connectivity index (χ0) is 16.7. The van der Waals surface area contributed by atoms with Gasteiger partial charge < -0.3 is 10.5 Å². The molecule has 0 unspecified atom stereocenters. The molecule has 24 heavy (non-hydrogen) atoms. The molecule has 3 N–H and O–H groups in total. The number of methoxy groups -OCH3 is 1. The van der Waals surface area contributed by atoms with Gasteiger partial charge in [-0.05, 0) is 37.1 Å². The number of nitrogens with two attached hydrogens (primary N) is 1. The summed E-state index contributed by atoms with van der Waals surface area (Å²) in [6, 6.07) is 7.65. The van der Waals surface area contributed by atoms with E-state index in [9.17, 15) is 4.79 Å². The number of primary amides is 1. The Bertz CT molecular complexity index is 908. The molecule has 2 aromatic heterocycles. The smallest absolute Gasteiger partial charge is 0.223 e. The Hall–Kier alpha value is -3.09. The maximum atomic E-state index is 11.4. The highest BCUT2D eigenvalue weighted by atomic mass is 16.5. The maximum absolute atomic E-state index is 11.4. The molecule has 0 saturated heterocycles. The van der Waals surface area contributed by atoms with E-state index in [1.165, 1.54) is 0 Å². The molecule has 0 spiro atoms. The first-order valence-corrected chi connectivity index (χ1v) is 7.73. The summed E-state index contributed by atoms with van der Waals surface area (Å²) in [4.78, 5) is 11.4. The number of hydrogen-bond donors (Lipinski definition) is 2. The van der Waals surface area contributed by atoms with Crippen molar-refractivity contribution in [2.45, 2.75) is 19.3 Å². The number of carbonyl (C=O) groups excluding carboxylic acids is 1. The number of ether oxygens (including phenoxy) is 1. The Morgan fingerprint density at radius 3 is 2.83 bits per heavy atom. The van der Waals surface area contributed by atoms with Crippen LogP contribution in [0.3, 0.4) is 0 Å². The number of H-pyrrole nitrogens is 1. The molecule has 1 amide bonds. The maximum Gasteiger partial charge on any atom is 0.223 e. The lowest BCUT2D eigenvalue weighted by Crippen LogP contribution is -2.15. The van der Waals surface area contributed by atoms with Crippen LogP contribution in [-0.2, 0) is 24.1 Å². The number of aromatic nitrogens is 4. The molecule has 7 nitrogen and oxygen atoms in total. The summed E-state index contributed by atoms with van der Waals surface area (Å²) in [5.41, 5.74) is 11.2. The van der Waals surface area contributed by atoms with Crippen molar-refractivity contribution in [2.24, 2.45) is 5.73 Å². The number of nitrogens with one attached hydrogen (secondary N) is 1. The second-order valence-corrected chi connectivity index (χ2v) is 5.79. The fraction of sp³-hybridized carbons (Fsp3) is 0.235. The van der Waals surface area contributed by atoms with Crippen molar-refractivity contribution >= 4 is 5.91 Å². The topological polar surface area (TPSA) is 98.8 Å². The molecular formula is C17H17N5O2. The van der Waals surface area contributed by atoms with Gasteiger partial charge in [0, 0.05) is 16.8 Å². The third kappa shape index (κ3) is 2.25. The first kappa shape index (κ1) is 14.5. The highest BCUT2D eigenvalue weighted by molar-refractivity contribution is 5.79. The Morgan fingerprint density at radius 2 is 2.12 bits per heavy atom. The predicted molar refractivity (Wildman–Crippen MR) is 88.0 cm³/mol. The standard InChI is InChI=1S/C17H17N5O2/c1-24-11-4-2-10(3-5-11)22-17-12(15(21-22)8-16(18)23)6-7-14-13(17)9-19-20-14/h2-5,9H,6-8H2,1H3,(H2,18,23)(H,19,20). The second kappa shape index (κ2) is 5.52. The van der Waals surface area contributed by atoms with E-state index in [0.29, 0.717) is 0 Å². The van der Waals surface area contributed by atoms with Gasteiger partial charge in [0.15, 0.2) is 0 Å². The summed E-state index contributed by atoms with van der Waals surface area (Å²) in [5.74, 6) is 0.399. The number of nitrogens with zero attached hydrogens (tertiary/aromatic N) is 3. The van der Waals surface area contributed by atoms with E-state index in [4.69, 9.17) is 10.5 Å². The van der Waals surface area contributed by atoms with Gasteiger partial charge in [0.1, 0.15) is 5.75 Å². The van der Waals surface area contributed by atoms with E-state index in [2.05, 4.69) is 15.3 Å². The van der Waals surface area contributed by atoms with Crippen molar-refractivity contribution in [1.29, 1.82) is 0 Å². The van der Waals surface area contributed by atoms with E-state index < -0.39 is 0 Å². The minimum Gasteiger partial charge on any atom is -0.497 e. The van der Waals surface area contributed by atoms with E-state index in [1.54, 1.807) is 7.11 Å². The molecule has 3 aromatic rings. The van der Waals surface area contributed by atoms with Gasteiger partial charge in [-0.3, -0.25) is 9.89 Å². The van der Waals surface area contributed by atoms with Crippen LogP contribution in [0, 0.1) is 0 Å². The molecule has 0 atom stereocenters. The van der Waals surface area contributed by atoms with Crippen LogP contribution in [0.25, 0.3) is 16.9 Å². The first-order valence-electron chi connectivity index (χ1n) is 7.73. The minimum atomic E-state index is -0.379. The van der Waals surface area contributed by atoms with Crippen molar-refractivity contribution in [2.75, 3.05) is 7.11 Å². The number of fused-ring (bicyclic) bond motifs is 3. The second-order valence-electron chi connectivity index (χ2n) is 5.79. The van der Waals surface area contributed by atoms with Crippen LogP contribution in [0.1, 0.15) is 17.0 Å². The third-order valence-electron chi connectivity index (χ3n) is 4.32. The van der Waals surface area contributed by atoms with E-state index in [-0.39, 0.29) is 12.3 Å². The number of rotatable bonds is 4. The van der Waals surface area contributed by atoms with Crippen molar-refractivity contribution in [1.82, 2.24) is 20.0 Å². The molecule has 2 heterocycles. The highest BCUT2D eigenvalue weighted by Gasteiger charge is 2.27. The van der Waals surface area contributed by atoms with Gasteiger partial charge in [-0.15, -0.1) is 0 Å². The normalized spacial score (nSPS) is 12.5. The minimum absolute atomic E-state index is 0.138. The van der Waals surface area contributed by atoms with Crippen LogP contribution in [0.4, 0.5) is 0 Å². The summed E-state index contributed by atoms with van der Waals surface area (Å²) in [6.07, 6.45) is 3.60.